The number of benzene rings is 1. The van der Waals surface area contributed by atoms with E-state index in [2.05, 4.69) is 5.32 Å². The minimum absolute atomic E-state index is 0.0591. The fourth-order valence-electron chi connectivity index (χ4n) is 1.30. The summed E-state index contributed by atoms with van der Waals surface area (Å²) in [6.45, 7) is 0.0663. The van der Waals surface area contributed by atoms with Crippen LogP contribution < -0.4 is 10.1 Å². The van der Waals surface area contributed by atoms with Gasteiger partial charge in [0.2, 0.25) is 0 Å². The maximum Gasteiger partial charge on any atom is 0.123 e. The summed E-state index contributed by atoms with van der Waals surface area (Å²) in [5, 5.41) is 12.1. The Hall–Kier alpha value is -1.06. The molecule has 0 radical (unpaired) electrons. The molecule has 0 heterocycles. The van der Waals surface area contributed by atoms with Crippen molar-refractivity contribution in [2.75, 3.05) is 20.8 Å². The van der Waals surface area contributed by atoms with Crippen molar-refractivity contribution in [1.82, 2.24) is 5.32 Å². The van der Waals surface area contributed by atoms with E-state index in [0.29, 0.717) is 0 Å². The van der Waals surface area contributed by atoms with Gasteiger partial charge in [-0.25, -0.2) is 0 Å². The second-order valence-electron chi connectivity index (χ2n) is 2.77. The first-order chi connectivity index (χ1) is 6.33. The lowest BCUT2D eigenvalue weighted by atomic mass is 10.1. The molecular weight excluding hydrogens is 166 g/mol. The molecule has 3 nitrogen and oxygen atoms in total. The number of rotatable bonds is 4. The van der Waals surface area contributed by atoms with Crippen molar-refractivity contribution < 1.29 is 9.84 Å². The molecule has 1 aromatic carbocycles. The summed E-state index contributed by atoms with van der Waals surface area (Å²) < 4.78 is 5.18. The monoisotopic (exact) mass is 181 g/mol. The Balaban J connectivity index is 2.96. The van der Waals surface area contributed by atoms with Crippen LogP contribution >= 0.6 is 0 Å². The van der Waals surface area contributed by atoms with Gasteiger partial charge in [-0.15, -0.1) is 0 Å². The highest BCUT2D eigenvalue weighted by molar-refractivity contribution is 5.35. The third-order valence-electron chi connectivity index (χ3n) is 2.05. The van der Waals surface area contributed by atoms with Gasteiger partial charge in [0.05, 0.1) is 19.8 Å². The predicted molar refractivity (Wildman–Crippen MR) is 51.9 cm³/mol. The summed E-state index contributed by atoms with van der Waals surface area (Å²) in [5.41, 5.74) is 0.981. The molecule has 0 unspecified atom stereocenters. The first-order valence-corrected chi connectivity index (χ1v) is 4.24. The van der Waals surface area contributed by atoms with Crippen molar-refractivity contribution in [2.24, 2.45) is 0 Å². The van der Waals surface area contributed by atoms with E-state index in [0.717, 1.165) is 11.3 Å². The van der Waals surface area contributed by atoms with Crippen LogP contribution in [0.15, 0.2) is 24.3 Å². The number of para-hydroxylation sites is 1. The summed E-state index contributed by atoms with van der Waals surface area (Å²) >= 11 is 0. The zero-order valence-electron chi connectivity index (χ0n) is 7.95. The number of hydrogen-bond acceptors (Lipinski definition) is 3. The first-order valence-electron chi connectivity index (χ1n) is 4.24. The molecule has 0 fully saturated rings. The molecule has 0 bridgehead atoms. The van der Waals surface area contributed by atoms with Gasteiger partial charge >= 0.3 is 0 Å². The molecule has 72 valence electrons. The van der Waals surface area contributed by atoms with E-state index in [1.54, 1.807) is 7.11 Å². The number of ether oxygens (including phenoxy) is 1. The van der Waals surface area contributed by atoms with Crippen molar-refractivity contribution in [1.29, 1.82) is 0 Å². The second-order valence-corrected chi connectivity index (χ2v) is 2.77. The van der Waals surface area contributed by atoms with Crippen LogP contribution in [0.25, 0.3) is 0 Å². The molecule has 1 atom stereocenters. The molecule has 0 aromatic heterocycles. The number of nitrogens with one attached hydrogen (secondary N) is 1. The zero-order valence-corrected chi connectivity index (χ0v) is 7.95. The van der Waals surface area contributed by atoms with Crippen LogP contribution in [-0.4, -0.2) is 25.9 Å². The van der Waals surface area contributed by atoms with Crippen LogP contribution in [-0.2, 0) is 0 Å². The Labute approximate surface area is 78.3 Å². The molecule has 1 aromatic rings. The van der Waals surface area contributed by atoms with E-state index in [4.69, 9.17) is 9.84 Å². The Morgan fingerprint density at radius 2 is 2.15 bits per heavy atom. The van der Waals surface area contributed by atoms with Gasteiger partial charge in [0.15, 0.2) is 0 Å². The average Bonchev–Trinajstić information content (AvgIpc) is 2.20. The molecule has 0 saturated heterocycles. The van der Waals surface area contributed by atoms with Crippen LogP contribution in [0.3, 0.4) is 0 Å². The highest BCUT2D eigenvalue weighted by Crippen LogP contribution is 2.23. The molecule has 0 spiro atoms. The molecule has 0 amide bonds. The largest absolute Gasteiger partial charge is 0.496 e. The lowest BCUT2D eigenvalue weighted by Crippen LogP contribution is -2.20. The molecule has 0 aliphatic carbocycles. The van der Waals surface area contributed by atoms with Crippen LogP contribution in [0.2, 0.25) is 0 Å². The third-order valence-corrected chi connectivity index (χ3v) is 2.05. The van der Waals surface area contributed by atoms with Gasteiger partial charge in [-0.1, -0.05) is 18.2 Å². The number of aliphatic hydroxyl groups excluding tert-OH is 1. The first kappa shape index (κ1) is 10.0. The smallest absolute Gasteiger partial charge is 0.123 e. The maximum atomic E-state index is 9.08. The quantitative estimate of drug-likeness (QED) is 0.726. The fourth-order valence-corrected chi connectivity index (χ4v) is 1.30. The molecule has 2 N–H and O–H groups in total. The summed E-state index contributed by atoms with van der Waals surface area (Å²) in [5.74, 6) is 0.802. The van der Waals surface area contributed by atoms with Gasteiger partial charge in [-0.05, 0) is 13.1 Å². The number of likely N-dealkylation sites (N-methyl/N-ethyl adjacent to an activating group) is 1. The van der Waals surface area contributed by atoms with E-state index in [1.165, 1.54) is 0 Å². The summed E-state index contributed by atoms with van der Waals surface area (Å²) in [6, 6.07) is 7.60. The molecular formula is C10H15NO2. The fraction of sp³-hybridized carbons (Fsp3) is 0.400. The van der Waals surface area contributed by atoms with Crippen molar-refractivity contribution in [3.05, 3.63) is 29.8 Å². The molecule has 1 rings (SSSR count). The standard InChI is InChI=1S/C10H15NO2/c1-11-9(7-12)8-5-3-4-6-10(8)13-2/h3-6,9,11-12H,7H2,1-2H3/t9-/m1/s1. The number of aliphatic hydroxyl groups is 1. The van der Waals surface area contributed by atoms with Crippen LogP contribution in [0.1, 0.15) is 11.6 Å². The van der Waals surface area contributed by atoms with Crippen molar-refractivity contribution >= 4 is 0 Å². The SMILES string of the molecule is CN[C@H](CO)c1ccccc1OC. The molecule has 0 saturated carbocycles. The van der Waals surface area contributed by atoms with Crippen molar-refractivity contribution in [3.8, 4) is 5.75 Å². The van der Waals surface area contributed by atoms with Gasteiger partial charge < -0.3 is 15.2 Å². The van der Waals surface area contributed by atoms with Gasteiger partial charge in [-0.3, -0.25) is 0 Å². The zero-order chi connectivity index (χ0) is 9.68. The lowest BCUT2D eigenvalue weighted by Gasteiger charge is -2.16. The van der Waals surface area contributed by atoms with Crippen molar-refractivity contribution in [2.45, 2.75) is 6.04 Å². The van der Waals surface area contributed by atoms with Gasteiger partial charge in [0.1, 0.15) is 5.75 Å². The second kappa shape index (κ2) is 4.84. The molecule has 0 aliphatic heterocycles. The maximum absolute atomic E-state index is 9.08. The van der Waals surface area contributed by atoms with Crippen molar-refractivity contribution in [3.63, 3.8) is 0 Å². The molecule has 3 heteroatoms. The summed E-state index contributed by atoms with van der Waals surface area (Å²) in [4.78, 5) is 0. The highest BCUT2D eigenvalue weighted by Gasteiger charge is 2.11. The van der Waals surface area contributed by atoms with E-state index < -0.39 is 0 Å². The normalized spacial score (nSPS) is 12.5. The lowest BCUT2D eigenvalue weighted by molar-refractivity contribution is 0.247. The number of hydrogen-bond donors (Lipinski definition) is 2. The number of methoxy groups -OCH3 is 1. The minimum Gasteiger partial charge on any atom is -0.496 e. The van der Waals surface area contributed by atoms with E-state index in [9.17, 15) is 0 Å². The highest BCUT2D eigenvalue weighted by atomic mass is 16.5. The van der Waals surface area contributed by atoms with Crippen LogP contribution in [0.4, 0.5) is 0 Å². The minimum atomic E-state index is -0.0591. The summed E-state index contributed by atoms with van der Waals surface area (Å²) in [6.07, 6.45) is 0. The van der Waals surface area contributed by atoms with Gasteiger partial charge in [-0.2, -0.15) is 0 Å². The summed E-state index contributed by atoms with van der Waals surface area (Å²) in [7, 11) is 3.44. The molecule has 13 heavy (non-hydrogen) atoms. The predicted octanol–water partition coefficient (Wildman–Crippen LogP) is 0.948. The average molecular weight is 181 g/mol. The van der Waals surface area contributed by atoms with Gasteiger partial charge in [0.25, 0.3) is 0 Å². The van der Waals surface area contributed by atoms with E-state index in [-0.39, 0.29) is 12.6 Å². The Kier molecular flexibility index (Phi) is 3.73. The van der Waals surface area contributed by atoms with Gasteiger partial charge in [0, 0.05) is 5.56 Å². The van der Waals surface area contributed by atoms with Crippen LogP contribution in [0.5, 0.6) is 5.75 Å². The third kappa shape index (κ3) is 2.20. The van der Waals surface area contributed by atoms with E-state index in [1.807, 2.05) is 31.3 Å². The van der Waals surface area contributed by atoms with E-state index >= 15 is 0 Å². The topological polar surface area (TPSA) is 41.5 Å². The molecule has 0 aliphatic rings. The Morgan fingerprint density at radius 1 is 1.46 bits per heavy atom. The Bertz CT molecular complexity index is 259. The van der Waals surface area contributed by atoms with Crippen LogP contribution in [0, 0.1) is 0 Å². The Morgan fingerprint density at radius 3 is 2.69 bits per heavy atom.